The molecule has 0 radical (unpaired) electrons. The summed E-state index contributed by atoms with van der Waals surface area (Å²) < 4.78 is 0. The highest BCUT2D eigenvalue weighted by atomic mass is 79.9. The number of halogens is 1. The fourth-order valence-electron chi connectivity index (χ4n) is 1.21. The highest BCUT2D eigenvalue weighted by Gasteiger charge is 2.21. The zero-order valence-electron chi connectivity index (χ0n) is 7.86. The number of carboxylic acid groups (broad SMARTS) is 1. The molecule has 0 fully saturated rings. The van der Waals surface area contributed by atoms with Crippen LogP contribution >= 0.6 is 15.9 Å². The lowest BCUT2D eigenvalue weighted by Crippen LogP contribution is -2.04. The van der Waals surface area contributed by atoms with Gasteiger partial charge in [-0.25, -0.2) is 4.79 Å². The zero-order chi connectivity index (χ0) is 11.6. The van der Waals surface area contributed by atoms with Crippen molar-refractivity contribution >= 4 is 27.6 Å². The molecule has 15 heavy (non-hydrogen) atoms. The lowest BCUT2D eigenvalue weighted by atomic mass is 10.0. The summed E-state index contributed by atoms with van der Waals surface area (Å²) in [6.07, 6.45) is 0. The molecule has 1 N–H and O–H groups in total. The summed E-state index contributed by atoms with van der Waals surface area (Å²) in [6.45, 7) is 1.72. The minimum atomic E-state index is -1.29. The van der Waals surface area contributed by atoms with Gasteiger partial charge >= 0.3 is 5.97 Å². The first-order valence-electron chi connectivity index (χ1n) is 4.04. The number of nitrogens with zero attached hydrogens (tertiary/aromatic N) is 1. The minimum Gasteiger partial charge on any atom is -0.477 e. The number of nitro benzene ring substituents is 1. The maximum Gasteiger partial charge on any atom is 0.342 e. The average molecular weight is 274 g/mol. The zero-order valence-corrected chi connectivity index (χ0v) is 9.44. The van der Waals surface area contributed by atoms with Gasteiger partial charge in [0.2, 0.25) is 0 Å². The van der Waals surface area contributed by atoms with Crippen molar-refractivity contribution in [3.8, 4) is 0 Å². The molecule has 0 aliphatic carbocycles. The summed E-state index contributed by atoms with van der Waals surface area (Å²) in [4.78, 5) is 20.7. The van der Waals surface area contributed by atoms with Crippen LogP contribution in [0, 0.1) is 17.0 Å². The number of nitro groups is 1. The molecule has 0 bridgehead atoms. The van der Waals surface area contributed by atoms with Crippen LogP contribution in [-0.4, -0.2) is 16.0 Å². The number of carbonyl (C=O) groups is 1. The van der Waals surface area contributed by atoms with Crippen LogP contribution in [0.4, 0.5) is 5.69 Å². The molecule has 0 saturated heterocycles. The van der Waals surface area contributed by atoms with Gasteiger partial charge in [-0.2, -0.15) is 0 Å². The van der Waals surface area contributed by atoms with E-state index in [9.17, 15) is 14.9 Å². The molecule has 0 aliphatic heterocycles. The predicted molar refractivity (Wildman–Crippen MR) is 57.4 cm³/mol. The van der Waals surface area contributed by atoms with E-state index in [1.807, 2.05) is 0 Å². The van der Waals surface area contributed by atoms with Crippen LogP contribution in [0.3, 0.4) is 0 Å². The molecule has 1 aromatic carbocycles. The van der Waals surface area contributed by atoms with Crippen molar-refractivity contribution in [2.75, 3.05) is 0 Å². The van der Waals surface area contributed by atoms with Gasteiger partial charge in [-0.15, -0.1) is 0 Å². The van der Waals surface area contributed by atoms with Gasteiger partial charge in [-0.05, 0) is 24.1 Å². The Morgan fingerprint density at radius 1 is 1.60 bits per heavy atom. The number of aryl methyl sites for hydroxylation is 1. The number of hydrogen-bond acceptors (Lipinski definition) is 3. The number of alkyl halides is 1. The van der Waals surface area contributed by atoms with E-state index in [1.54, 1.807) is 6.92 Å². The summed E-state index contributed by atoms with van der Waals surface area (Å²) in [6, 6.07) is 2.60. The van der Waals surface area contributed by atoms with Crippen LogP contribution in [0.1, 0.15) is 21.5 Å². The standard InChI is InChI=1S/C9H8BrNO4/c1-5-2-7(9(12)13)8(11(14)15)3-6(5)4-10/h2-3H,4H2,1H3,(H,12,13). The van der Waals surface area contributed by atoms with Crippen molar-refractivity contribution in [2.24, 2.45) is 0 Å². The third-order valence-electron chi connectivity index (χ3n) is 2.03. The molecule has 80 valence electrons. The van der Waals surface area contributed by atoms with E-state index < -0.39 is 10.9 Å². The summed E-state index contributed by atoms with van der Waals surface area (Å²) >= 11 is 3.18. The van der Waals surface area contributed by atoms with Crippen LogP contribution in [0.2, 0.25) is 0 Å². The Bertz CT molecular complexity index is 430. The van der Waals surface area contributed by atoms with Crippen molar-refractivity contribution in [3.05, 3.63) is 38.9 Å². The summed E-state index contributed by atoms with van der Waals surface area (Å²) in [5.74, 6) is -1.29. The molecule has 0 atom stereocenters. The number of aromatic carboxylic acids is 1. The maximum absolute atomic E-state index is 10.8. The summed E-state index contributed by atoms with van der Waals surface area (Å²) in [5.41, 5.74) is 0.784. The summed E-state index contributed by atoms with van der Waals surface area (Å²) in [5, 5.41) is 19.9. The molecule has 1 aromatic rings. The van der Waals surface area contributed by atoms with Crippen molar-refractivity contribution in [3.63, 3.8) is 0 Å². The average Bonchev–Trinajstić information content (AvgIpc) is 2.16. The second-order valence-electron chi connectivity index (χ2n) is 2.99. The van der Waals surface area contributed by atoms with E-state index in [4.69, 9.17) is 5.11 Å². The molecular formula is C9H8BrNO4. The Labute approximate surface area is 94.0 Å². The van der Waals surface area contributed by atoms with E-state index in [-0.39, 0.29) is 11.3 Å². The van der Waals surface area contributed by atoms with E-state index >= 15 is 0 Å². The van der Waals surface area contributed by atoms with Crippen molar-refractivity contribution in [1.82, 2.24) is 0 Å². The van der Waals surface area contributed by atoms with Gasteiger partial charge in [0.25, 0.3) is 5.69 Å². The van der Waals surface area contributed by atoms with Gasteiger partial charge < -0.3 is 5.11 Å². The first-order valence-corrected chi connectivity index (χ1v) is 5.16. The number of benzene rings is 1. The molecule has 0 heterocycles. The van der Waals surface area contributed by atoms with Gasteiger partial charge in [0.1, 0.15) is 5.56 Å². The van der Waals surface area contributed by atoms with Crippen LogP contribution in [0.25, 0.3) is 0 Å². The Kier molecular flexibility index (Phi) is 3.41. The number of carboxylic acids is 1. The Hall–Kier alpha value is -1.43. The fourth-order valence-corrected chi connectivity index (χ4v) is 1.81. The Balaban J connectivity index is 3.45. The summed E-state index contributed by atoms with van der Waals surface area (Å²) in [7, 11) is 0. The van der Waals surface area contributed by atoms with Crippen LogP contribution < -0.4 is 0 Å². The molecule has 1 rings (SSSR count). The van der Waals surface area contributed by atoms with Crippen molar-refractivity contribution < 1.29 is 14.8 Å². The Morgan fingerprint density at radius 3 is 2.60 bits per heavy atom. The smallest absolute Gasteiger partial charge is 0.342 e. The largest absolute Gasteiger partial charge is 0.477 e. The first kappa shape index (κ1) is 11.6. The second-order valence-corrected chi connectivity index (χ2v) is 3.55. The molecule has 5 nitrogen and oxygen atoms in total. The van der Waals surface area contributed by atoms with Gasteiger partial charge in [-0.3, -0.25) is 10.1 Å². The van der Waals surface area contributed by atoms with Crippen molar-refractivity contribution in [1.29, 1.82) is 0 Å². The molecule has 0 aromatic heterocycles. The van der Waals surface area contributed by atoms with E-state index in [2.05, 4.69) is 15.9 Å². The molecule has 0 aliphatic rings. The lowest BCUT2D eigenvalue weighted by Gasteiger charge is -2.04. The highest BCUT2D eigenvalue weighted by molar-refractivity contribution is 9.08. The normalized spacial score (nSPS) is 10.0. The van der Waals surface area contributed by atoms with E-state index in [0.717, 1.165) is 5.56 Å². The third kappa shape index (κ3) is 2.33. The molecule has 6 heteroatoms. The Morgan fingerprint density at radius 2 is 2.20 bits per heavy atom. The molecular weight excluding hydrogens is 266 g/mol. The van der Waals surface area contributed by atoms with Gasteiger partial charge in [0.15, 0.2) is 0 Å². The number of hydrogen-bond donors (Lipinski definition) is 1. The molecule has 0 amide bonds. The second kappa shape index (κ2) is 4.39. The monoisotopic (exact) mass is 273 g/mol. The fraction of sp³-hybridized carbons (Fsp3) is 0.222. The maximum atomic E-state index is 10.8. The van der Waals surface area contributed by atoms with Gasteiger partial charge in [-0.1, -0.05) is 15.9 Å². The van der Waals surface area contributed by atoms with E-state index in [1.165, 1.54) is 12.1 Å². The quantitative estimate of drug-likeness (QED) is 0.521. The van der Waals surface area contributed by atoms with Gasteiger partial charge in [0, 0.05) is 11.4 Å². The van der Waals surface area contributed by atoms with Gasteiger partial charge in [0.05, 0.1) is 4.92 Å². The minimum absolute atomic E-state index is 0.276. The van der Waals surface area contributed by atoms with Crippen LogP contribution in [0.5, 0.6) is 0 Å². The first-order chi connectivity index (χ1) is 6.97. The highest BCUT2D eigenvalue weighted by Crippen LogP contribution is 2.24. The molecule has 0 saturated carbocycles. The third-order valence-corrected chi connectivity index (χ3v) is 2.63. The van der Waals surface area contributed by atoms with Crippen LogP contribution in [0.15, 0.2) is 12.1 Å². The predicted octanol–water partition coefficient (Wildman–Crippen LogP) is 2.50. The SMILES string of the molecule is Cc1cc(C(=O)O)c([N+](=O)[O-])cc1CBr. The number of rotatable bonds is 3. The van der Waals surface area contributed by atoms with Crippen LogP contribution in [-0.2, 0) is 5.33 Å². The molecule has 0 unspecified atom stereocenters. The lowest BCUT2D eigenvalue weighted by molar-refractivity contribution is -0.385. The van der Waals surface area contributed by atoms with E-state index in [0.29, 0.717) is 10.9 Å². The van der Waals surface area contributed by atoms with Crippen molar-refractivity contribution in [2.45, 2.75) is 12.3 Å². The topological polar surface area (TPSA) is 80.4 Å². The molecule has 0 spiro atoms.